The number of rotatable bonds is 1. The van der Waals surface area contributed by atoms with Gasteiger partial charge in [0.05, 0.1) is 11.6 Å². The number of benzene rings is 1. The van der Waals surface area contributed by atoms with E-state index >= 15 is 0 Å². The standard InChI is InChI=1S/C13H11N3O2/c14-7-9-3-1-2-4-10(9)13-6-5-12(18)16(13)8-11(17)15-13/h1-4H,5-6,8H2,(H,15,17). The molecule has 1 N–H and O–H groups in total. The van der Waals surface area contributed by atoms with Gasteiger partial charge in [-0.15, -0.1) is 0 Å². The fraction of sp³-hybridized carbons (Fsp3) is 0.308. The Morgan fingerprint density at radius 3 is 2.89 bits per heavy atom. The minimum Gasteiger partial charge on any atom is -0.328 e. The Morgan fingerprint density at radius 2 is 2.11 bits per heavy atom. The van der Waals surface area contributed by atoms with E-state index < -0.39 is 5.66 Å². The predicted octanol–water partition coefficient (Wildman–Crippen LogP) is 0.463. The van der Waals surface area contributed by atoms with Crippen LogP contribution >= 0.6 is 0 Å². The van der Waals surface area contributed by atoms with Gasteiger partial charge < -0.3 is 10.2 Å². The molecule has 1 aromatic carbocycles. The van der Waals surface area contributed by atoms with Crippen LogP contribution in [0.5, 0.6) is 0 Å². The molecular weight excluding hydrogens is 230 g/mol. The van der Waals surface area contributed by atoms with Crippen LogP contribution in [0.4, 0.5) is 0 Å². The van der Waals surface area contributed by atoms with Gasteiger partial charge in [0.2, 0.25) is 11.8 Å². The van der Waals surface area contributed by atoms with Gasteiger partial charge in [0.15, 0.2) is 0 Å². The first-order valence-electron chi connectivity index (χ1n) is 5.78. The van der Waals surface area contributed by atoms with E-state index in [0.717, 1.165) is 0 Å². The third-order valence-electron chi connectivity index (χ3n) is 3.60. The molecule has 5 nitrogen and oxygen atoms in total. The van der Waals surface area contributed by atoms with E-state index in [1.54, 1.807) is 23.1 Å². The van der Waals surface area contributed by atoms with Crippen molar-refractivity contribution in [2.75, 3.05) is 6.54 Å². The van der Waals surface area contributed by atoms with Crippen molar-refractivity contribution >= 4 is 11.8 Å². The van der Waals surface area contributed by atoms with Crippen LogP contribution in [0.2, 0.25) is 0 Å². The van der Waals surface area contributed by atoms with Crippen LogP contribution in [0.25, 0.3) is 0 Å². The van der Waals surface area contributed by atoms with Crippen molar-refractivity contribution in [3.8, 4) is 6.07 Å². The average molecular weight is 241 g/mol. The number of nitrogens with zero attached hydrogens (tertiary/aromatic N) is 2. The normalized spacial score (nSPS) is 25.8. The number of amides is 2. The lowest BCUT2D eigenvalue weighted by molar-refractivity contribution is -0.131. The molecule has 5 heteroatoms. The Labute approximate surface area is 104 Å². The zero-order valence-electron chi connectivity index (χ0n) is 9.64. The molecule has 0 aromatic heterocycles. The maximum absolute atomic E-state index is 11.8. The van der Waals surface area contributed by atoms with Gasteiger partial charge in [-0.2, -0.15) is 5.26 Å². The Morgan fingerprint density at radius 1 is 1.33 bits per heavy atom. The first-order valence-corrected chi connectivity index (χ1v) is 5.78. The molecule has 2 amide bonds. The summed E-state index contributed by atoms with van der Waals surface area (Å²) in [6.45, 7) is 0.0819. The third kappa shape index (κ3) is 1.26. The second kappa shape index (κ2) is 3.57. The molecule has 0 bridgehead atoms. The number of nitriles is 1. The summed E-state index contributed by atoms with van der Waals surface area (Å²) in [5, 5.41) is 12.0. The van der Waals surface area contributed by atoms with E-state index in [9.17, 15) is 9.59 Å². The van der Waals surface area contributed by atoms with Crippen molar-refractivity contribution in [3.05, 3.63) is 35.4 Å². The molecule has 18 heavy (non-hydrogen) atoms. The van der Waals surface area contributed by atoms with Crippen molar-refractivity contribution in [1.82, 2.24) is 10.2 Å². The lowest BCUT2D eigenvalue weighted by Crippen LogP contribution is -2.46. The molecule has 0 spiro atoms. The first-order chi connectivity index (χ1) is 8.67. The van der Waals surface area contributed by atoms with Gasteiger partial charge in [0.1, 0.15) is 12.2 Å². The zero-order chi connectivity index (χ0) is 12.8. The average Bonchev–Trinajstić information content (AvgIpc) is 2.87. The van der Waals surface area contributed by atoms with Gasteiger partial charge in [-0.3, -0.25) is 9.59 Å². The van der Waals surface area contributed by atoms with Crippen molar-refractivity contribution in [2.45, 2.75) is 18.5 Å². The van der Waals surface area contributed by atoms with Gasteiger partial charge in [-0.25, -0.2) is 0 Å². The summed E-state index contributed by atoms with van der Waals surface area (Å²) in [4.78, 5) is 25.0. The maximum Gasteiger partial charge on any atom is 0.241 e. The van der Waals surface area contributed by atoms with E-state index in [0.29, 0.717) is 24.0 Å². The monoisotopic (exact) mass is 241 g/mol. The highest BCUT2D eigenvalue weighted by molar-refractivity contribution is 5.92. The summed E-state index contributed by atoms with van der Waals surface area (Å²) in [6, 6.07) is 9.22. The Hall–Kier alpha value is -2.35. The number of hydrogen-bond acceptors (Lipinski definition) is 3. The van der Waals surface area contributed by atoms with Crippen LogP contribution in [-0.2, 0) is 15.3 Å². The van der Waals surface area contributed by atoms with Crippen molar-refractivity contribution in [3.63, 3.8) is 0 Å². The molecule has 1 unspecified atom stereocenters. The summed E-state index contributed by atoms with van der Waals surface area (Å²) in [5.74, 6) is -0.211. The molecule has 2 aliphatic rings. The highest BCUT2D eigenvalue weighted by Crippen LogP contribution is 2.41. The maximum atomic E-state index is 11.8. The van der Waals surface area contributed by atoms with Gasteiger partial charge in [0, 0.05) is 18.4 Å². The van der Waals surface area contributed by atoms with Gasteiger partial charge in [-0.1, -0.05) is 18.2 Å². The lowest BCUT2D eigenvalue weighted by Gasteiger charge is -2.32. The molecule has 1 aromatic rings. The summed E-state index contributed by atoms with van der Waals surface area (Å²) in [7, 11) is 0. The van der Waals surface area contributed by atoms with Crippen molar-refractivity contribution < 1.29 is 9.59 Å². The quantitative estimate of drug-likeness (QED) is 0.776. The molecule has 0 aliphatic carbocycles. The first kappa shape index (κ1) is 10.8. The van der Waals surface area contributed by atoms with Crippen LogP contribution in [0.15, 0.2) is 24.3 Å². The molecule has 0 saturated carbocycles. The SMILES string of the molecule is N#Cc1ccccc1C12CCC(=O)N1CC(=O)N2. The largest absolute Gasteiger partial charge is 0.328 e. The van der Waals surface area contributed by atoms with Crippen LogP contribution in [0.1, 0.15) is 24.0 Å². The molecule has 90 valence electrons. The van der Waals surface area contributed by atoms with E-state index in [1.165, 1.54) is 0 Å². The topological polar surface area (TPSA) is 73.2 Å². The van der Waals surface area contributed by atoms with Crippen LogP contribution in [0, 0.1) is 11.3 Å². The number of carbonyl (C=O) groups is 2. The summed E-state index contributed by atoms with van der Waals surface area (Å²) < 4.78 is 0. The van der Waals surface area contributed by atoms with Crippen LogP contribution in [0.3, 0.4) is 0 Å². The Balaban J connectivity index is 2.17. The number of fused-ring (bicyclic) bond motifs is 1. The van der Waals surface area contributed by atoms with Gasteiger partial charge in [0.25, 0.3) is 0 Å². The van der Waals surface area contributed by atoms with Gasteiger partial charge in [-0.05, 0) is 6.07 Å². The van der Waals surface area contributed by atoms with E-state index in [4.69, 9.17) is 5.26 Å². The predicted molar refractivity (Wildman–Crippen MR) is 61.9 cm³/mol. The molecule has 2 saturated heterocycles. The molecule has 3 rings (SSSR count). The number of carbonyl (C=O) groups excluding carboxylic acids is 2. The Bertz CT molecular complexity index is 590. The number of hydrogen-bond donors (Lipinski definition) is 1. The Kier molecular flexibility index (Phi) is 2.14. The molecule has 0 radical (unpaired) electrons. The molecule has 2 aliphatic heterocycles. The molecule has 2 fully saturated rings. The lowest BCUT2D eigenvalue weighted by atomic mass is 9.93. The molecule has 1 atom stereocenters. The second-order valence-electron chi connectivity index (χ2n) is 4.55. The number of nitrogens with one attached hydrogen (secondary N) is 1. The van der Waals surface area contributed by atoms with Gasteiger partial charge >= 0.3 is 0 Å². The van der Waals surface area contributed by atoms with E-state index in [-0.39, 0.29) is 18.4 Å². The third-order valence-corrected chi connectivity index (χ3v) is 3.60. The molecule has 2 heterocycles. The van der Waals surface area contributed by atoms with Crippen LogP contribution in [-0.4, -0.2) is 23.3 Å². The van der Waals surface area contributed by atoms with Crippen molar-refractivity contribution in [1.29, 1.82) is 5.26 Å². The van der Waals surface area contributed by atoms with Crippen LogP contribution < -0.4 is 5.32 Å². The van der Waals surface area contributed by atoms with E-state index in [1.807, 2.05) is 6.07 Å². The zero-order valence-corrected chi connectivity index (χ0v) is 9.64. The van der Waals surface area contributed by atoms with Crippen molar-refractivity contribution in [2.24, 2.45) is 0 Å². The smallest absolute Gasteiger partial charge is 0.241 e. The summed E-state index contributed by atoms with van der Waals surface area (Å²) >= 11 is 0. The highest BCUT2D eigenvalue weighted by atomic mass is 16.2. The van der Waals surface area contributed by atoms with E-state index in [2.05, 4.69) is 11.4 Å². The fourth-order valence-corrected chi connectivity index (χ4v) is 2.83. The second-order valence-corrected chi connectivity index (χ2v) is 4.55. The summed E-state index contributed by atoms with van der Waals surface area (Å²) in [5.41, 5.74) is 0.407. The molecular formula is C13H11N3O2. The fourth-order valence-electron chi connectivity index (χ4n) is 2.83. The minimum atomic E-state index is -0.805. The minimum absolute atomic E-state index is 0.0407. The summed E-state index contributed by atoms with van der Waals surface area (Å²) in [6.07, 6.45) is 0.927. The highest BCUT2D eigenvalue weighted by Gasteiger charge is 2.53.